The second kappa shape index (κ2) is 5.59. The first-order chi connectivity index (χ1) is 9.74. The third-order valence-electron chi connectivity index (χ3n) is 3.78. The van der Waals surface area contributed by atoms with Crippen LogP contribution in [0.4, 0.5) is 5.69 Å². The van der Waals surface area contributed by atoms with Gasteiger partial charge in [-0.1, -0.05) is 36.5 Å². The molecule has 1 aromatic carbocycles. The van der Waals surface area contributed by atoms with Crippen molar-refractivity contribution in [2.45, 2.75) is 12.8 Å². The minimum atomic E-state index is 0.352. The molecule has 0 radical (unpaired) electrons. The second-order valence-corrected chi connectivity index (χ2v) is 5.46. The molecular weight excluding hydrogens is 266 g/mol. The fourth-order valence-electron chi connectivity index (χ4n) is 2.68. The number of benzene rings is 1. The zero-order valence-electron chi connectivity index (χ0n) is 11.2. The largest absolute Gasteiger partial charge is 0.388 e. The summed E-state index contributed by atoms with van der Waals surface area (Å²) >= 11 is 5.00. The predicted molar refractivity (Wildman–Crippen MR) is 86.2 cm³/mol. The molecule has 0 aliphatic carbocycles. The molecule has 3 rings (SSSR count). The van der Waals surface area contributed by atoms with E-state index in [2.05, 4.69) is 34.1 Å². The molecule has 0 bridgehead atoms. The fraction of sp³-hybridized carbons (Fsp3) is 0.250. The number of anilines is 1. The van der Waals surface area contributed by atoms with E-state index in [0.29, 0.717) is 10.7 Å². The van der Waals surface area contributed by atoms with Gasteiger partial charge in [0.2, 0.25) is 0 Å². The van der Waals surface area contributed by atoms with E-state index in [4.69, 9.17) is 18.0 Å². The van der Waals surface area contributed by atoms with E-state index in [0.717, 1.165) is 31.6 Å². The molecular formula is C16H17N3S. The summed E-state index contributed by atoms with van der Waals surface area (Å²) in [5.41, 5.74) is 10.4. The molecule has 0 atom stereocenters. The molecule has 0 saturated heterocycles. The SMILES string of the molecule is NC(=S)c1cc(N2CCc3ccccc3CC2)ccn1. The van der Waals surface area contributed by atoms with E-state index < -0.39 is 0 Å². The van der Waals surface area contributed by atoms with Gasteiger partial charge in [0, 0.05) is 25.0 Å². The quantitative estimate of drug-likeness (QED) is 0.859. The van der Waals surface area contributed by atoms with E-state index in [1.54, 1.807) is 6.20 Å². The van der Waals surface area contributed by atoms with Gasteiger partial charge >= 0.3 is 0 Å². The predicted octanol–water partition coefficient (Wildman–Crippen LogP) is 2.32. The van der Waals surface area contributed by atoms with Crippen LogP contribution in [0.5, 0.6) is 0 Å². The molecule has 2 heterocycles. The van der Waals surface area contributed by atoms with Crippen LogP contribution in [0.1, 0.15) is 16.8 Å². The zero-order chi connectivity index (χ0) is 13.9. The van der Waals surface area contributed by atoms with Gasteiger partial charge < -0.3 is 10.6 Å². The van der Waals surface area contributed by atoms with Gasteiger partial charge in [-0.3, -0.25) is 4.98 Å². The first-order valence-corrected chi connectivity index (χ1v) is 7.22. The highest BCUT2D eigenvalue weighted by Crippen LogP contribution is 2.21. The van der Waals surface area contributed by atoms with Gasteiger partial charge in [-0.05, 0) is 36.1 Å². The summed E-state index contributed by atoms with van der Waals surface area (Å²) in [6.45, 7) is 2.02. The third kappa shape index (κ3) is 2.65. The van der Waals surface area contributed by atoms with Crippen LogP contribution < -0.4 is 10.6 Å². The van der Waals surface area contributed by atoms with Crippen molar-refractivity contribution >= 4 is 22.9 Å². The van der Waals surface area contributed by atoms with Crippen molar-refractivity contribution in [1.29, 1.82) is 0 Å². The minimum Gasteiger partial charge on any atom is -0.388 e. The van der Waals surface area contributed by atoms with E-state index in [-0.39, 0.29) is 0 Å². The summed E-state index contributed by atoms with van der Waals surface area (Å²) in [7, 11) is 0. The normalized spacial score (nSPS) is 14.5. The molecule has 2 N–H and O–H groups in total. The Morgan fingerprint density at radius 3 is 2.35 bits per heavy atom. The number of pyridine rings is 1. The summed E-state index contributed by atoms with van der Waals surface area (Å²) in [5.74, 6) is 0. The number of hydrogen-bond donors (Lipinski definition) is 1. The molecule has 1 aliphatic rings. The number of nitrogens with two attached hydrogens (primary N) is 1. The number of aromatic nitrogens is 1. The fourth-order valence-corrected chi connectivity index (χ4v) is 2.79. The number of nitrogens with zero attached hydrogens (tertiary/aromatic N) is 2. The monoisotopic (exact) mass is 283 g/mol. The number of fused-ring (bicyclic) bond motifs is 1. The van der Waals surface area contributed by atoms with Crippen LogP contribution in [0.2, 0.25) is 0 Å². The lowest BCUT2D eigenvalue weighted by molar-refractivity contribution is 0.804. The van der Waals surface area contributed by atoms with Crippen molar-refractivity contribution < 1.29 is 0 Å². The summed E-state index contributed by atoms with van der Waals surface area (Å²) in [6, 6.07) is 12.7. The maximum Gasteiger partial charge on any atom is 0.122 e. The minimum absolute atomic E-state index is 0.352. The number of thiocarbonyl (C=S) groups is 1. The molecule has 1 aromatic heterocycles. The van der Waals surface area contributed by atoms with Crippen LogP contribution >= 0.6 is 12.2 Å². The smallest absolute Gasteiger partial charge is 0.122 e. The molecule has 0 fully saturated rings. The number of rotatable bonds is 2. The van der Waals surface area contributed by atoms with Crippen LogP contribution in [0.3, 0.4) is 0 Å². The molecule has 4 heteroatoms. The molecule has 0 amide bonds. The molecule has 0 saturated carbocycles. The summed E-state index contributed by atoms with van der Waals surface area (Å²) in [6.07, 6.45) is 3.92. The summed E-state index contributed by atoms with van der Waals surface area (Å²) < 4.78 is 0. The van der Waals surface area contributed by atoms with E-state index in [1.165, 1.54) is 11.1 Å². The molecule has 20 heavy (non-hydrogen) atoms. The molecule has 102 valence electrons. The van der Waals surface area contributed by atoms with Crippen molar-refractivity contribution in [1.82, 2.24) is 4.98 Å². The lowest BCUT2D eigenvalue weighted by Crippen LogP contribution is -2.26. The van der Waals surface area contributed by atoms with Crippen LogP contribution in [-0.4, -0.2) is 23.1 Å². The van der Waals surface area contributed by atoms with Gasteiger partial charge in [-0.2, -0.15) is 0 Å². The van der Waals surface area contributed by atoms with E-state index in [9.17, 15) is 0 Å². The van der Waals surface area contributed by atoms with Crippen molar-refractivity contribution in [3.8, 4) is 0 Å². The highest BCUT2D eigenvalue weighted by Gasteiger charge is 2.14. The zero-order valence-corrected chi connectivity index (χ0v) is 12.1. The van der Waals surface area contributed by atoms with Crippen LogP contribution in [0, 0.1) is 0 Å². The molecule has 0 spiro atoms. The second-order valence-electron chi connectivity index (χ2n) is 5.02. The highest BCUT2D eigenvalue weighted by atomic mass is 32.1. The average Bonchev–Trinajstić information content (AvgIpc) is 2.70. The maximum atomic E-state index is 5.66. The van der Waals surface area contributed by atoms with Crippen molar-refractivity contribution in [2.75, 3.05) is 18.0 Å². The van der Waals surface area contributed by atoms with Crippen molar-refractivity contribution in [2.24, 2.45) is 5.73 Å². The Hall–Kier alpha value is -1.94. The van der Waals surface area contributed by atoms with Crippen molar-refractivity contribution in [3.63, 3.8) is 0 Å². The Morgan fingerprint density at radius 1 is 1.10 bits per heavy atom. The number of hydrogen-bond acceptors (Lipinski definition) is 3. The van der Waals surface area contributed by atoms with Gasteiger partial charge in [0.25, 0.3) is 0 Å². The Bertz CT molecular complexity index is 612. The molecule has 1 aliphatic heterocycles. The average molecular weight is 283 g/mol. The van der Waals surface area contributed by atoms with Gasteiger partial charge in [0.1, 0.15) is 4.99 Å². The topological polar surface area (TPSA) is 42.1 Å². The van der Waals surface area contributed by atoms with Gasteiger partial charge in [-0.15, -0.1) is 0 Å². The van der Waals surface area contributed by atoms with Crippen LogP contribution in [0.15, 0.2) is 42.6 Å². The van der Waals surface area contributed by atoms with Gasteiger partial charge in [0.15, 0.2) is 0 Å². The summed E-state index contributed by atoms with van der Waals surface area (Å²) in [5, 5.41) is 0. The Labute approximate surface area is 124 Å². The Kier molecular flexibility index (Phi) is 3.65. The Morgan fingerprint density at radius 2 is 1.75 bits per heavy atom. The first-order valence-electron chi connectivity index (χ1n) is 6.81. The Balaban J connectivity index is 1.83. The summed E-state index contributed by atoms with van der Waals surface area (Å²) in [4.78, 5) is 6.93. The van der Waals surface area contributed by atoms with Gasteiger partial charge in [-0.25, -0.2) is 0 Å². The van der Waals surface area contributed by atoms with Gasteiger partial charge in [0.05, 0.1) is 5.69 Å². The van der Waals surface area contributed by atoms with E-state index >= 15 is 0 Å². The molecule has 0 unspecified atom stereocenters. The lowest BCUT2D eigenvalue weighted by atomic mass is 10.0. The third-order valence-corrected chi connectivity index (χ3v) is 3.99. The van der Waals surface area contributed by atoms with Crippen molar-refractivity contribution in [3.05, 3.63) is 59.4 Å². The lowest BCUT2D eigenvalue weighted by Gasteiger charge is -2.22. The maximum absolute atomic E-state index is 5.66. The van der Waals surface area contributed by atoms with Crippen LogP contribution in [-0.2, 0) is 12.8 Å². The molecule has 2 aromatic rings. The highest BCUT2D eigenvalue weighted by molar-refractivity contribution is 7.80. The first kappa shape index (κ1) is 13.1. The molecule has 3 nitrogen and oxygen atoms in total. The van der Waals surface area contributed by atoms with E-state index in [1.807, 2.05) is 12.1 Å². The van der Waals surface area contributed by atoms with Crippen LogP contribution in [0.25, 0.3) is 0 Å². The standard InChI is InChI=1S/C16H17N3S/c17-16(20)15-11-14(5-8-18-15)19-9-6-12-3-1-2-4-13(12)7-10-19/h1-5,8,11H,6-7,9-10H2,(H2,17,20).